The van der Waals surface area contributed by atoms with Crippen LogP contribution in [0.4, 0.5) is 0 Å². The van der Waals surface area contributed by atoms with Gasteiger partial charge in [0, 0.05) is 5.73 Å². The van der Waals surface area contributed by atoms with Crippen molar-refractivity contribution in [2.45, 2.75) is 51.6 Å². The summed E-state index contributed by atoms with van der Waals surface area (Å²) in [6, 6.07) is 0. The molecule has 62 valence electrons. The molecule has 10 heavy (non-hydrogen) atoms. The summed E-state index contributed by atoms with van der Waals surface area (Å²) in [5.74, 6) is 0. The molecule has 0 aromatic rings. The molecular formula is C8H20OSi. The molecular weight excluding hydrogens is 140 g/mol. The average molecular weight is 160 g/mol. The lowest BCUT2D eigenvalue weighted by atomic mass is 10.2. The van der Waals surface area contributed by atoms with Crippen molar-refractivity contribution in [1.29, 1.82) is 0 Å². The molecule has 0 saturated carbocycles. The van der Waals surface area contributed by atoms with Crippen molar-refractivity contribution < 1.29 is 5.11 Å². The Balaban J connectivity index is 4.40. The first kappa shape index (κ1) is 10.2. The zero-order valence-corrected chi connectivity index (χ0v) is 9.02. The summed E-state index contributed by atoms with van der Waals surface area (Å²) in [4.78, 5) is 0. The quantitative estimate of drug-likeness (QED) is 0.584. The van der Waals surface area contributed by atoms with Gasteiger partial charge in [0.05, 0.1) is 8.07 Å². The Morgan fingerprint density at radius 3 is 1.50 bits per heavy atom. The number of aliphatic hydroxyl groups excluding tert-OH is 1. The van der Waals surface area contributed by atoms with Crippen LogP contribution in [0.15, 0.2) is 0 Å². The third-order valence-corrected chi connectivity index (χ3v) is 8.93. The lowest BCUT2D eigenvalue weighted by molar-refractivity contribution is 0.257. The Morgan fingerprint density at radius 2 is 1.50 bits per heavy atom. The van der Waals surface area contributed by atoms with E-state index in [2.05, 4.69) is 33.9 Å². The van der Waals surface area contributed by atoms with Crippen LogP contribution in [0.5, 0.6) is 0 Å². The first-order valence-electron chi connectivity index (χ1n) is 3.87. The Morgan fingerprint density at radius 1 is 1.20 bits per heavy atom. The average Bonchev–Trinajstić information content (AvgIpc) is 1.62. The summed E-state index contributed by atoms with van der Waals surface area (Å²) in [6.45, 7) is 13.0. The van der Waals surface area contributed by atoms with E-state index in [9.17, 15) is 5.11 Å². The van der Waals surface area contributed by atoms with Crippen molar-refractivity contribution in [2.75, 3.05) is 0 Å². The van der Waals surface area contributed by atoms with Gasteiger partial charge >= 0.3 is 0 Å². The Bertz CT molecular complexity index is 111. The van der Waals surface area contributed by atoms with Crippen LogP contribution >= 0.6 is 0 Å². The van der Waals surface area contributed by atoms with Crippen LogP contribution in [0, 0.1) is 0 Å². The molecule has 0 bridgehead atoms. The van der Waals surface area contributed by atoms with Crippen molar-refractivity contribution >= 4 is 8.07 Å². The molecule has 1 N–H and O–H groups in total. The third kappa shape index (κ3) is 1.83. The van der Waals surface area contributed by atoms with E-state index < -0.39 is 8.07 Å². The Hall–Kier alpha value is 0.177. The molecule has 0 spiro atoms. The van der Waals surface area contributed by atoms with Gasteiger partial charge in [-0.25, -0.2) is 0 Å². The highest BCUT2D eigenvalue weighted by atomic mass is 28.3. The van der Waals surface area contributed by atoms with Crippen LogP contribution in [0.2, 0.25) is 18.1 Å². The fraction of sp³-hybridized carbons (Fsp3) is 1.00. The van der Waals surface area contributed by atoms with Gasteiger partial charge in [-0.1, -0.05) is 33.9 Å². The van der Waals surface area contributed by atoms with Gasteiger partial charge in [0.2, 0.25) is 0 Å². The smallest absolute Gasteiger partial charge is 0.0861 e. The lowest BCUT2D eigenvalue weighted by Gasteiger charge is -2.39. The van der Waals surface area contributed by atoms with Gasteiger partial charge in [-0.15, -0.1) is 0 Å². The second-order valence-electron chi connectivity index (χ2n) is 4.65. The van der Waals surface area contributed by atoms with Crippen LogP contribution in [0.3, 0.4) is 0 Å². The normalized spacial score (nSPS) is 17.1. The first-order valence-corrected chi connectivity index (χ1v) is 6.95. The highest BCUT2D eigenvalue weighted by molar-refractivity contribution is 6.81. The zero-order chi connectivity index (χ0) is 8.58. The van der Waals surface area contributed by atoms with Crippen LogP contribution in [-0.4, -0.2) is 18.9 Å². The van der Waals surface area contributed by atoms with Crippen LogP contribution in [0.1, 0.15) is 27.7 Å². The third-order valence-electron chi connectivity index (χ3n) is 2.98. The highest BCUT2D eigenvalue weighted by Crippen LogP contribution is 2.37. The highest BCUT2D eigenvalue weighted by Gasteiger charge is 2.39. The van der Waals surface area contributed by atoms with E-state index in [4.69, 9.17) is 0 Å². The Labute approximate surface area is 65.5 Å². The maximum atomic E-state index is 9.48. The van der Waals surface area contributed by atoms with E-state index in [0.717, 1.165) is 0 Å². The van der Waals surface area contributed by atoms with Gasteiger partial charge in [-0.3, -0.25) is 0 Å². The largest absolute Gasteiger partial charge is 0.397 e. The Kier molecular flexibility index (Phi) is 2.71. The van der Waals surface area contributed by atoms with Crippen LogP contribution in [0.25, 0.3) is 0 Å². The maximum Gasteiger partial charge on any atom is 0.0861 e. The van der Waals surface area contributed by atoms with E-state index in [1.807, 2.05) is 6.92 Å². The lowest BCUT2D eigenvalue weighted by Crippen LogP contribution is -2.47. The molecule has 2 heteroatoms. The molecule has 0 rings (SSSR count). The summed E-state index contributed by atoms with van der Waals surface area (Å²) < 4.78 is 0. The predicted molar refractivity (Wildman–Crippen MR) is 48.9 cm³/mol. The van der Waals surface area contributed by atoms with Crippen LogP contribution in [-0.2, 0) is 0 Å². The van der Waals surface area contributed by atoms with Crippen LogP contribution < -0.4 is 0 Å². The fourth-order valence-electron chi connectivity index (χ4n) is 0.627. The second kappa shape index (κ2) is 2.66. The second-order valence-corrected chi connectivity index (χ2v) is 10.4. The number of hydrogen-bond donors (Lipinski definition) is 1. The zero-order valence-electron chi connectivity index (χ0n) is 8.02. The molecule has 0 saturated heterocycles. The molecule has 0 fully saturated rings. The predicted octanol–water partition coefficient (Wildman–Crippen LogP) is 2.41. The summed E-state index contributed by atoms with van der Waals surface area (Å²) in [5.41, 5.74) is -0.104. The van der Waals surface area contributed by atoms with Gasteiger partial charge in [0.15, 0.2) is 0 Å². The molecule has 1 atom stereocenters. The van der Waals surface area contributed by atoms with E-state index >= 15 is 0 Å². The standard InChI is InChI=1S/C8H20OSi/c1-7(9)10(5,6)8(2,3)4/h7,9H,1-6H3. The minimum Gasteiger partial charge on any atom is -0.397 e. The molecule has 0 aliphatic carbocycles. The monoisotopic (exact) mass is 160 g/mol. The summed E-state index contributed by atoms with van der Waals surface area (Å²) in [6.07, 6.45) is 0. The van der Waals surface area contributed by atoms with Gasteiger partial charge in [-0.05, 0) is 12.0 Å². The first-order chi connectivity index (χ1) is 4.19. The number of rotatable bonds is 1. The molecule has 1 nitrogen and oxygen atoms in total. The van der Waals surface area contributed by atoms with Gasteiger partial charge in [0.25, 0.3) is 0 Å². The fourth-order valence-corrected chi connectivity index (χ4v) is 1.88. The molecule has 1 unspecified atom stereocenters. The maximum absolute atomic E-state index is 9.48. The minimum atomic E-state index is -1.43. The van der Waals surface area contributed by atoms with E-state index in [1.54, 1.807) is 0 Å². The van der Waals surface area contributed by atoms with Gasteiger partial charge in [0.1, 0.15) is 0 Å². The van der Waals surface area contributed by atoms with Crippen molar-refractivity contribution in [1.82, 2.24) is 0 Å². The van der Waals surface area contributed by atoms with Crippen molar-refractivity contribution in [3.05, 3.63) is 0 Å². The van der Waals surface area contributed by atoms with Gasteiger partial charge < -0.3 is 5.11 Å². The molecule has 0 aromatic carbocycles. The molecule has 0 radical (unpaired) electrons. The van der Waals surface area contributed by atoms with Gasteiger partial charge in [-0.2, -0.15) is 0 Å². The van der Waals surface area contributed by atoms with E-state index in [0.29, 0.717) is 5.04 Å². The summed E-state index contributed by atoms with van der Waals surface area (Å²) >= 11 is 0. The SMILES string of the molecule is CC(O)[Si](C)(C)C(C)(C)C. The molecule has 0 aliphatic rings. The van der Waals surface area contributed by atoms with E-state index in [-0.39, 0.29) is 5.73 Å². The minimum absolute atomic E-state index is 0.104. The molecule has 0 aliphatic heterocycles. The summed E-state index contributed by atoms with van der Waals surface area (Å²) in [7, 11) is -1.43. The molecule has 0 aromatic heterocycles. The van der Waals surface area contributed by atoms with Crippen molar-refractivity contribution in [3.63, 3.8) is 0 Å². The summed E-state index contributed by atoms with van der Waals surface area (Å²) in [5, 5.41) is 9.78. The molecule has 0 amide bonds. The van der Waals surface area contributed by atoms with E-state index in [1.165, 1.54) is 0 Å². The number of hydrogen-bond acceptors (Lipinski definition) is 1. The van der Waals surface area contributed by atoms with Crippen molar-refractivity contribution in [3.8, 4) is 0 Å². The topological polar surface area (TPSA) is 20.2 Å². The number of aliphatic hydroxyl groups is 1. The molecule has 0 heterocycles. The van der Waals surface area contributed by atoms with Crippen molar-refractivity contribution in [2.24, 2.45) is 0 Å².